The Kier molecular flexibility index (Phi) is 12.6. The Morgan fingerprint density at radius 3 is 1.00 bits per heavy atom. The first-order chi connectivity index (χ1) is 18.0. The molecule has 0 amide bonds. The van der Waals surface area contributed by atoms with E-state index in [-0.39, 0.29) is 50.2 Å². The standard InChI is InChI=1S/C24H16Cl10N4/c25-13-15(27)19(31)23(20(32)16(13)28)37-7-5-35-9-11-1-2-12(4-3-11)10-36-6-8-38-24-21(33)17(29)14(26)18(30)22(24)34/h1-4,9-10,37-38H,5-8H2. The third-order valence-corrected chi connectivity index (χ3v) is 9.48. The minimum atomic E-state index is 0.112. The summed E-state index contributed by atoms with van der Waals surface area (Å²) in [4.78, 5) is 8.80. The van der Waals surface area contributed by atoms with E-state index >= 15 is 0 Å². The number of hydrogen-bond donors (Lipinski definition) is 2. The SMILES string of the molecule is Clc1c(Cl)c(Cl)c(NCCN=Cc2ccc(C=NCCNc3c(Cl)c(Cl)c(Cl)c(Cl)c3Cl)cc2)c(Cl)c1Cl. The number of nitrogens with zero attached hydrogens (tertiary/aromatic N) is 2. The zero-order valence-electron chi connectivity index (χ0n) is 19.0. The molecule has 0 fully saturated rings. The van der Waals surface area contributed by atoms with E-state index in [0.29, 0.717) is 37.6 Å². The lowest BCUT2D eigenvalue weighted by Crippen LogP contribution is -2.07. The molecule has 0 bridgehead atoms. The van der Waals surface area contributed by atoms with Crippen LogP contribution in [-0.2, 0) is 0 Å². The lowest BCUT2D eigenvalue weighted by Gasteiger charge is -2.13. The Balaban J connectivity index is 1.47. The van der Waals surface area contributed by atoms with Crippen LogP contribution in [0.4, 0.5) is 11.4 Å². The summed E-state index contributed by atoms with van der Waals surface area (Å²) in [5, 5.41) is 7.75. The molecule has 0 aliphatic carbocycles. The number of nitrogens with one attached hydrogen (secondary N) is 2. The van der Waals surface area contributed by atoms with Gasteiger partial charge in [0.05, 0.1) is 74.7 Å². The Morgan fingerprint density at radius 2 is 0.711 bits per heavy atom. The van der Waals surface area contributed by atoms with Gasteiger partial charge in [0.15, 0.2) is 0 Å². The summed E-state index contributed by atoms with van der Waals surface area (Å²) < 4.78 is 0. The lowest BCUT2D eigenvalue weighted by atomic mass is 10.1. The highest BCUT2D eigenvalue weighted by molar-refractivity contribution is 6.57. The molecule has 38 heavy (non-hydrogen) atoms. The molecule has 0 aliphatic rings. The Hall–Kier alpha value is -0.500. The predicted octanol–water partition coefficient (Wildman–Crippen LogP) is 11.3. The van der Waals surface area contributed by atoms with Gasteiger partial charge in [-0.25, -0.2) is 0 Å². The van der Waals surface area contributed by atoms with E-state index < -0.39 is 0 Å². The topological polar surface area (TPSA) is 48.8 Å². The minimum Gasteiger partial charge on any atom is -0.381 e. The van der Waals surface area contributed by atoms with Crippen molar-refractivity contribution in [3.05, 3.63) is 85.6 Å². The first kappa shape index (κ1) is 32.0. The lowest BCUT2D eigenvalue weighted by molar-refractivity contribution is 1.03. The molecule has 4 nitrogen and oxygen atoms in total. The highest BCUT2D eigenvalue weighted by atomic mass is 35.5. The van der Waals surface area contributed by atoms with Crippen LogP contribution in [0.2, 0.25) is 50.2 Å². The van der Waals surface area contributed by atoms with Gasteiger partial charge >= 0.3 is 0 Å². The summed E-state index contributed by atoms with van der Waals surface area (Å²) >= 11 is 61.2. The van der Waals surface area contributed by atoms with Gasteiger partial charge in [-0.1, -0.05) is 140 Å². The van der Waals surface area contributed by atoms with E-state index in [1.165, 1.54) is 0 Å². The number of halogens is 10. The van der Waals surface area contributed by atoms with Crippen LogP contribution < -0.4 is 10.6 Å². The van der Waals surface area contributed by atoms with Crippen molar-refractivity contribution >= 4 is 140 Å². The number of benzene rings is 3. The maximum absolute atomic E-state index is 6.21. The maximum Gasteiger partial charge on any atom is 0.0855 e. The molecule has 14 heteroatoms. The van der Waals surface area contributed by atoms with Gasteiger partial charge in [-0.2, -0.15) is 0 Å². The fourth-order valence-corrected chi connectivity index (χ4v) is 5.56. The largest absolute Gasteiger partial charge is 0.381 e. The van der Waals surface area contributed by atoms with Crippen molar-refractivity contribution in [2.75, 3.05) is 36.8 Å². The molecule has 3 aromatic carbocycles. The molecule has 0 radical (unpaired) electrons. The Morgan fingerprint density at radius 1 is 0.447 bits per heavy atom. The van der Waals surface area contributed by atoms with E-state index in [9.17, 15) is 0 Å². The summed E-state index contributed by atoms with van der Waals surface area (Å²) in [6.07, 6.45) is 3.51. The average molecular weight is 715 g/mol. The fraction of sp³-hybridized carbons (Fsp3) is 0.167. The van der Waals surface area contributed by atoms with Crippen molar-refractivity contribution < 1.29 is 0 Å². The van der Waals surface area contributed by atoms with Crippen LogP contribution in [0.5, 0.6) is 0 Å². The van der Waals surface area contributed by atoms with Crippen molar-refractivity contribution in [1.82, 2.24) is 0 Å². The molecule has 0 spiro atoms. The van der Waals surface area contributed by atoms with Crippen molar-refractivity contribution in [2.45, 2.75) is 0 Å². The predicted molar refractivity (Wildman–Crippen MR) is 171 cm³/mol. The summed E-state index contributed by atoms with van der Waals surface area (Å²) in [5.74, 6) is 0. The highest BCUT2D eigenvalue weighted by Gasteiger charge is 2.19. The third kappa shape index (κ3) is 7.82. The first-order valence-electron chi connectivity index (χ1n) is 10.6. The molecule has 3 aromatic rings. The third-order valence-electron chi connectivity index (χ3n) is 4.92. The van der Waals surface area contributed by atoms with Gasteiger partial charge in [0.2, 0.25) is 0 Å². The molecule has 202 valence electrons. The fourth-order valence-electron chi connectivity index (χ4n) is 3.02. The monoisotopic (exact) mass is 710 g/mol. The first-order valence-corrected chi connectivity index (χ1v) is 14.4. The summed E-state index contributed by atoms with van der Waals surface area (Å²) in [6, 6.07) is 7.72. The summed E-state index contributed by atoms with van der Waals surface area (Å²) in [7, 11) is 0. The van der Waals surface area contributed by atoms with Gasteiger partial charge in [-0.3, -0.25) is 9.98 Å². The number of hydrogen-bond acceptors (Lipinski definition) is 4. The summed E-state index contributed by atoms with van der Waals surface area (Å²) in [5.41, 5.74) is 2.68. The Labute approximate surface area is 270 Å². The van der Waals surface area contributed by atoms with Crippen molar-refractivity contribution in [3.63, 3.8) is 0 Å². The highest BCUT2D eigenvalue weighted by Crippen LogP contribution is 2.47. The average Bonchev–Trinajstić information content (AvgIpc) is 2.92. The second-order valence-corrected chi connectivity index (χ2v) is 11.3. The van der Waals surface area contributed by atoms with Crippen LogP contribution in [0.1, 0.15) is 11.1 Å². The van der Waals surface area contributed by atoms with Gasteiger partial charge in [-0.15, -0.1) is 0 Å². The van der Waals surface area contributed by atoms with Crippen LogP contribution >= 0.6 is 116 Å². The maximum atomic E-state index is 6.21. The number of rotatable bonds is 10. The van der Waals surface area contributed by atoms with Crippen LogP contribution in [0.3, 0.4) is 0 Å². The van der Waals surface area contributed by atoms with Crippen LogP contribution in [-0.4, -0.2) is 38.6 Å². The number of anilines is 2. The van der Waals surface area contributed by atoms with Crippen LogP contribution in [0.15, 0.2) is 34.3 Å². The van der Waals surface area contributed by atoms with E-state index in [1.54, 1.807) is 12.4 Å². The Bertz CT molecular complexity index is 1210. The van der Waals surface area contributed by atoms with Crippen molar-refractivity contribution in [3.8, 4) is 0 Å². The van der Waals surface area contributed by atoms with Crippen molar-refractivity contribution in [1.29, 1.82) is 0 Å². The van der Waals surface area contributed by atoms with Gasteiger partial charge in [0, 0.05) is 25.5 Å². The summed E-state index contributed by atoms with van der Waals surface area (Å²) in [6.45, 7) is 1.82. The molecular formula is C24H16Cl10N4. The molecule has 0 atom stereocenters. The van der Waals surface area contributed by atoms with E-state index in [1.807, 2.05) is 24.3 Å². The van der Waals surface area contributed by atoms with Gasteiger partial charge in [0.25, 0.3) is 0 Å². The second-order valence-electron chi connectivity index (χ2n) is 7.48. The van der Waals surface area contributed by atoms with E-state index in [0.717, 1.165) is 11.1 Å². The molecule has 0 aliphatic heterocycles. The van der Waals surface area contributed by atoms with Crippen molar-refractivity contribution in [2.24, 2.45) is 9.98 Å². The normalized spacial score (nSPS) is 11.6. The van der Waals surface area contributed by atoms with Gasteiger partial charge in [0.1, 0.15) is 0 Å². The molecule has 0 saturated heterocycles. The van der Waals surface area contributed by atoms with Crippen LogP contribution in [0.25, 0.3) is 0 Å². The van der Waals surface area contributed by atoms with Gasteiger partial charge < -0.3 is 10.6 Å². The molecule has 0 saturated carbocycles. The quantitative estimate of drug-likeness (QED) is 0.0951. The molecule has 3 rings (SSSR count). The molecule has 0 heterocycles. The van der Waals surface area contributed by atoms with Crippen LogP contribution in [0, 0.1) is 0 Å². The zero-order chi connectivity index (χ0) is 28.0. The smallest absolute Gasteiger partial charge is 0.0855 e. The molecule has 0 aromatic heterocycles. The number of aliphatic imine (C=N–C) groups is 2. The second kappa shape index (κ2) is 14.9. The van der Waals surface area contributed by atoms with E-state index in [2.05, 4.69) is 20.6 Å². The minimum absolute atomic E-state index is 0.112. The van der Waals surface area contributed by atoms with Gasteiger partial charge in [-0.05, 0) is 11.1 Å². The molecular weight excluding hydrogens is 699 g/mol. The zero-order valence-corrected chi connectivity index (χ0v) is 26.5. The molecule has 2 N–H and O–H groups in total. The molecule has 0 unspecified atom stereocenters. The van der Waals surface area contributed by atoms with E-state index in [4.69, 9.17) is 116 Å².